The van der Waals surface area contributed by atoms with E-state index in [9.17, 15) is 0 Å². The SMILES string of the molecule is CNCc1oc2ccccc2c1COc1cccc(Br)c1. The van der Waals surface area contributed by atoms with Crippen molar-refractivity contribution in [1.82, 2.24) is 5.32 Å². The summed E-state index contributed by atoms with van der Waals surface area (Å²) in [6.45, 7) is 1.18. The molecule has 108 valence electrons. The summed E-state index contributed by atoms with van der Waals surface area (Å²) in [6, 6.07) is 15.9. The predicted octanol–water partition coefficient (Wildman–Crippen LogP) is 4.49. The van der Waals surface area contributed by atoms with E-state index in [4.69, 9.17) is 9.15 Å². The number of halogens is 1. The number of benzene rings is 2. The topological polar surface area (TPSA) is 34.4 Å². The lowest BCUT2D eigenvalue weighted by molar-refractivity contribution is 0.302. The highest BCUT2D eigenvalue weighted by atomic mass is 79.9. The number of furan rings is 1. The lowest BCUT2D eigenvalue weighted by Crippen LogP contribution is -2.07. The van der Waals surface area contributed by atoms with E-state index in [0.717, 1.165) is 32.5 Å². The Hall–Kier alpha value is -1.78. The van der Waals surface area contributed by atoms with Gasteiger partial charge in [-0.05, 0) is 31.3 Å². The second-order valence-electron chi connectivity index (χ2n) is 4.78. The molecular formula is C17H16BrNO2. The Kier molecular flexibility index (Phi) is 4.27. The van der Waals surface area contributed by atoms with E-state index in [2.05, 4.69) is 27.3 Å². The fraction of sp³-hybridized carbons (Fsp3) is 0.176. The van der Waals surface area contributed by atoms with Crippen LogP contribution in [0.4, 0.5) is 0 Å². The molecule has 0 unspecified atom stereocenters. The molecule has 0 saturated carbocycles. The summed E-state index contributed by atoms with van der Waals surface area (Å²) in [5.74, 6) is 1.76. The van der Waals surface area contributed by atoms with E-state index in [0.29, 0.717) is 13.2 Å². The average Bonchev–Trinajstić information content (AvgIpc) is 2.83. The zero-order valence-corrected chi connectivity index (χ0v) is 13.3. The molecule has 3 nitrogen and oxygen atoms in total. The molecule has 21 heavy (non-hydrogen) atoms. The van der Waals surface area contributed by atoms with Gasteiger partial charge in [-0.15, -0.1) is 0 Å². The quantitative estimate of drug-likeness (QED) is 0.739. The maximum absolute atomic E-state index is 5.91. The van der Waals surface area contributed by atoms with Crippen LogP contribution >= 0.6 is 15.9 Å². The molecule has 0 aliphatic rings. The first-order chi connectivity index (χ1) is 10.3. The van der Waals surface area contributed by atoms with Crippen LogP contribution in [0.25, 0.3) is 11.0 Å². The van der Waals surface area contributed by atoms with Gasteiger partial charge in [-0.3, -0.25) is 0 Å². The van der Waals surface area contributed by atoms with Crippen molar-refractivity contribution in [3.8, 4) is 5.75 Å². The summed E-state index contributed by atoms with van der Waals surface area (Å²) in [7, 11) is 1.91. The van der Waals surface area contributed by atoms with Crippen LogP contribution in [0.1, 0.15) is 11.3 Å². The minimum absolute atomic E-state index is 0.491. The van der Waals surface area contributed by atoms with Gasteiger partial charge < -0.3 is 14.5 Å². The Bertz CT molecular complexity index is 751. The molecule has 3 aromatic rings. The van der Waals surface area contributed by atoms with Gasteiger partial charge in [-0.25, -0.2) is 0 Å². The molecule has 3 rings (SSSR count). The van der Waals surface area contributed by atoms with E-state index in [1.807, 2.05) is 49.5 Å². The second kappa shape index (κ2) is 6.33. The van der Waals surface area contributed by atoms with Crippen LogP contribution in [0, 0.1) is 0 Å². The zero-order valence-electron chi connectivity index (χ0n) is 11.7. The molecule has 0 bridgehead atoms. The van der Waals surface area contributed by atoms with Gasteiger partial charge in [0, 0.05) is 15.4 Å². The number of hydrogen-bond donors (Lipinski definition) is 1. The molecule has 0 atom stereocenters. The van der Waals surface area contributed by atoms with Crippen molar-refractivity contribution in [3.63, 3.8) is 0 Å². The van der Waals surface area contributed by atoms with Gasteiger partial charge in [0.15, 0.2) is 0 Å². The first-order valence-electron chi connectivity index (χ1n) is 6.80. The summed E-state index contributed by atoms with van der Waals surface area (Å²) in [4.78, 5) is 0. The standard InChI is InChI=1S/C17H16BrNO2/c1-19-10-17-15(14-7-2-3-8-16(14)21-17)11-20-13-6-4-5-12(18)9-13/h2-9,19H,10-11H2,1H3. The molecule has 0 aliphatic heterocycles. The highest BCUT2D eigenvalue weighted by Gasteiger charge is 2.13. The Balaban J connectivity index is 1.89. The summed E-state index contributed by atoms with van der Waals surface area (Å²) >= 11 is 3.45. The van der Waals surface area contributed by atoms with E-state index < -0.39 is 0 Å². The molecule has 1 aromatic heterocycles. The Morgan fingerprint density at radius 2 is 2.00 bits per heavy atom. The van der Waals surface area contributed by atoms with Gasteiger partial charge in [0.2, 0.25) is 0 Å². The molecule has 0 saturated heterocycles. The predicted molar refractivity (Wildman–Crippen MR) is 87.5 cm³/mol. The fourth-order valence-electron chi connectivity index (χ4n) is 2.32. The third-order valence-electron chi connectivity index (χ3n) is 3.30. The number of hydrogen-bond acceptors (Lipinski definition) is 3. The van der Waals surface area contributed by atoms with Crippen molar-refractivity contribution in [1.29, 1.82) is 0 Å². The van der Waals surface area contributed by atoms with E-state index in [1.54, 1.807) is 0 Å². The van der Waals surface area contributed by atoms with Crippen LogP contribution in [0.3, 0.4) is 0 Å². The third kappa shape index (κ3) is 3.12. The number of rotatable bonds is 5. The van der Waals surface area contributed by atoms with Crippen molar-refractivity contribution in [2.75, 3.05) is 7.05 Å². The van der Waals surface area contributed by atoms with Crippen LogP contribution in [-0.2, 0) is 13.2 Å². The molecule has 0 amide bonds. The Morgan fingerprint density at radius 1 is 1.14 bits per heavy atom. The normalized spacial score (nSPS) is 11.0. The average molecular weight is 346 g/mol. The Labute approximate surface area is 132 Å². The van der Waals surface area contributed by atoms with E-state index in [1.165, 1.54) is 0 Å². The van der Waals surface area contributed by atoms with E-state index in [-0.39, 0.29) is 0 Å². The summed E-state index contributed by atoms with van der Waals surface area (Å²) in [5.41, 5.74) is 2.00. The second-order valence-corrected chi connectivity index (χ2v) is 5.69. The van der Waals surface area contributed by atoms with Crippen LogP contribution < -0.4 is 10.1 Å². The summed E-state index contributed by atoms with van der Waals surface area (Å²) in [5, 5.41) is 4.24. The minimum Gasteiger partial charge on any atom is -0.489 e. The smallest absolute Gasteiger partial charge is 0.134 e. The summed E-state index contributed by atoms with van der Waals surface area (Å²) < 4.78 is 12.8. The number of nitrogens with one attached hydrogen (secondary N) is 1. The van der Waals surface area contributed by atoms with Gasteiger partial charge in [-0.2, -0.15) is 0 Å². The molecule has 1 N–H and O–H groups in total. The minimum atomic E-state index is 0.491. The molecular weight excluding hydrogens is 330 g/mol. The lowest BCUT2D eigenvalue weighted by Gasteiger charge is -2.07. The molecule has 2 aromatic carbocycles. The summed E-state index contributed by atoms with van der Waals surface area (Å²) in [6.07, 6.45) is 0. The first kappa shape index (κ1) is 14.2. The Morgan fingerprint density at radius 3 is 2.81 bits per heavy atom. The van der Waals surface area contributed by atoms with Crippen molar-refractivity contribution < 1.29 is 9.15 Å². The highest BCUT2D eigenvalue weighted by molar-refractivity contribution is 9.10. The van der Waals surface area contributed by atoms with Crippen LogP contribution in [0.5, 0.6) is 5.75 Å². The van der Waals surface area contributed by atoms with Crippen molar-refractivity contribution in [2.24, 2.45) is 0 Å². The van der Waals surface area contributed by atoms with Gasteiger partial charge >= 0.3 is 0 Å². The molecule has 0 fully saturated rings. The molecule has 1 heterocycles. The van der Waals surface area contributed by atoms with Crippen molar-refractivity contribution in [3.05, 3.63) is 64.3 Å². The number of fused-ring (bicyclic) bond motifs is 1. The van der Waals surface area contributed by atoms with Crippen LogP contribution in [-0.4, -0.2) is 7.05 Å². The molecule has 0 spiro atoms. The molecule has 0 aliphatic carbocycles. The van der Waals surface area contributed by atoms with E-state index >= 15 is 0 Å². The molecule has 4 heteroatoms. The van der Waals surface area contributed by atoms with Gasteiger partial charge in [0.25, 0.3) is 0 Å². The molecule has 0 radical (unpaired) electrons. The largest absolute Gasteiger partial charge is 0.489 e. The maximum atomic E-state index is 5.91. The maximum Gasteiger partial charge on any atom is 0.134 e. The first-order valence-corrected chi connectivity index (χ1v) is 7.59. The van der Waals surface area contributed by atoms with Crippen molar-refractivity contribution in [2.45, 2.75) is 13.2 Å². The van der Waals surface area contributed by atoms with Crippen LogP contribution in [0.2, 0.25) is 0 Å². The highest BCUT2D eigenvalue weighted by Crippen LogP contribution is 2.27. The monoisotopic (exact) mass is 345 g/mol. The van der Waals surface area contributed by atoms with Crippen molar-refractivity contribution >= 4 is 26.9 Å². The van der Waals surface area contributed by atoms with Gasteiger partial charge in [0.1, 0.15) is 23.7 Å². The van der Waals surface area contributed by atoms with Gasteiger partial charge in [0.05, 0.1) is 6.54 Å². The third-order valence-corrected chi connectivity index (χ3v) is 3.79. The lowest BCUT2D eigenvalue weighted by atomic mass is 10.1. The number of ether oxygens (including phenoxy) is 1. The van der Waals surface area contributed by atoms with Gasteiger partial charge in [-0.1, -0.05) is 40.2 Å². The zero-order chi connectivity index (χ0) is 14.7. The number of para-hydroxylation sites is 1. The van der Waals surface area contributed by atoms with Crippen LogP contribution in [0.15, 0.2) is 57.4 Å². The fourth-order valence-corrected chi connectivity index (χ4v) is 2.70.